The maximum atomic E-state index is 12.1. The van der Waals surface area contributed by atoms with Gasteiger partial charge in [0.2, 0.25) is 0 Å². The number of rotatable bonds is 8. The van der Waals surface area contributed by atoms with Crippen molar-refractivity contribution in [3.8, 4) is 5.69 Å². The number of hydrogen-bond donors (Lipinski definition) is 2. The Labute approximate surface area is 263 Å². The van der Waals surface area contributed by atoms with Crippen LogP contribution < -0.4 is 10.2 Å². The molecule has 0 bridgehead atoms. The van der Waals surface area contributed by atoms with Crippen molar-refractivity contribution in [1.29, 1.82) is 0 Å². The van der Waals surface area contributed by atoms with Crippen LogP contribution in [0.3, 0.4) is 0 Å². The topological polar surface area (TPSA) is 114 Å². The number of nitrogens with zero attached hydrogens (tertiary/aromatic N) is 4. The van der Waals surface area contributed by atoms with Gasteiger partial charge < -0.3 is 19.9 Å². The summed E-state index contributed by atoms with van der Waals surface area (Å²) in [5.74, 6) is -0.988. The molecule has 0 unspecified atom stereocenters. The Morgan fingerprint density at radius 3 is 2.27 bits per heavy atom. The summed E-state index contributed by atoms with van der Waals surface area (Å²) < 4.78 is 1.98. The zero-order valence-electron chi connectivity index (χ0n) is 23.7. The van der Waals surface area contributed by atoms with E-state index in [4.69, 9.17) is 12.2 Å². The SMILES string of the molecule is Cc1cc([C@H]2[C@@H](c3ccccn3)NC(=S)N2c2ccc(Sc3ccc([N+](=O)[O-])cc3)cc2)c(C)n1-c1ccccc1C(=O)O. The number of nitro benzene ring substituents is 1. The molecule has 5 aromatic rings. The van der Waals surface area contributed by atoms with Crippen LogP contribution in [0.25, 0.3) is 5.69 Å². The van der Waals surface area contributed by atoms with E-state index in [1.807, 2.05) is 73.0 Å². The second-order valence-electron chi connectivity index (χ2n) is 10.3. The Kier molecular flexibility index (Phi) is 7.90. The number of para-hydroxylation sites is 1. The smallest absolute Gasteiger partial charge is 0.337 e. The summed E-state index contributed by atoms with van der Waals surface area (Å²) in [6, 6.07) is 28.8. The van der Waals surface area contributed by atoms with Gasteiger partial charge in [0.15, 0.2) is 5.11 Å². The second-order valence-corrected chi connectivity index (χ2v) is 11.9. The molecule has 0 saturated carbocycles. The predicted molar refractivity (Wildman–Crippen MR) is 174 cm³/mol. The molecule has 0 aliphatic carbocycles. The Morgan fingerprint density at radius 1 is 0.977 bits per heavy atom. The minimum Gasteiger partial charge on any atom is -0.478 e. The molecule has 3 aromatic carbocycles. The molecule has 1 aliphatic rings. The van der Waals surface area contributed by atoms with Gasteiger partial charge in [0.25, 0.3) is 5.69 Å². The largest absolute Gasteiger partial charge is 0.478 e. The number of pyridine rings is 1. The van der Waals surface area contributed by atoms with E-state index in [9.17, 15) is 20.0 Å². The molecule has 44 heavy (non-hydrogen) atoms. The molecule has 2 N–H and O–H groups in total. The first-order valence-electron chi connectivity index (χ1n) is 13.8. The molecule has 2 atom stereocenters. The fourth-order valence-electron chi connectivity index (χ4n) is 5.70. The number of aromatic nitrogens is 2. The summed E-state index contributed by atoms with van der Waals surface area (Å²) in [5.41, 5.74) is 5.40. The predicted octanol–water partition coefficient (Wildman–Crippen LogP) is 7.42. The highest BCUT2D eigenvalue weighted by atomic mass is 32.2. The van der Waals surface area contributed by atoms with Crippen LogP contribution in [0, 0.1) is 24.0 Å². The normalized spacial score (nSPS) is 16.1. The highest BCUT2D eigenvalue weighted by Gasteiger charge is 2.42. The van der Waals surface area contributed by atoms with Crippen LogP contribution in [-0.4, -0.2) is 30.7 Å². The lowest BCUT2D eigenvalue weighted by Crippen LogP contribution is -2.29. The number of nitrogens with one attached hydrogen (secondary N) is 1. The van der Waals surface area contributed by atoms with E-state index < -0.39 is 10.9 Å². The number of anilines is 1. The number of hydrogen-bond acceptors (Lipinski definition) is 6. The van der Waals surface area contributed by atoms with E-state index in [2.05, 4.69) is 21.3 Å². The lowest BCUT2D eigenvalue weighted by Gasteiger charge is -2.28. The standard InChI is InChI=1S/C33H27N5O4S2/c1-20-19-27(21(2)36(20)29-9-4-3-7-26(29)32(39)40)31-30(28-8-5-6-18-34-28)35-33(43)37(31)22-10-14-24(15-11-22)44-25-16-12-23(13-17-25)38(41)42/h3-19,30-31H,1-2H3,(H,35,43)(H,39,40)/t30-,31+/m1/s1. The third-order valence-corrected chi connectivity index (χ3v) is 8.99. The van der Waals surface area contributed by atoms with Crippen molar-refractivity contribution in [1.82, 2.24) is 14.9 Å². The average Bonchev–Trinajstić information content (AvgIpc) is 3.52. The molecule has 220 valence electrons. The molecule has 0 spiro atoms. The minimum atomic E-state index is -0.988. The summed E-state index contributed by atoms with van der Waals surface area (Å²) in [6.07, 6.45) is 1.76. The fourth-order valence-corrected chi connectivity index (χ4v) is 6.87. The molecule has 3 heterocycles. The van der Waals surface area contributed by atoms with Crippen LogP contribution in [0.15, 0.2) is 113 Å². The lowest BCUT2D eigenvalue weighted by molar-refractivity contribution is -0.384. The Hall–Kier alpha value is -5.00. The number of carbonyl (C=O) groups is 1. The summed E-state index contributed by atoms with van der Waals surface area (Å²) >= 11 is 7.43. The number of carboxylic acids is 1. The molecule has 2 aromatic heterocycles. The van der Waals surface area contributed by atoms with Gasteiger partial charge in [0, 0.05) is 45.2 Å². The molecule has 0 amide bonds. The first-order valence-corrected chi connectivity index (χ1v) is 15.0. The van der Waals surface area contributed by atoms with Gasteiger partial charge in [0.05, 0.1) is 34.0 Å². The maximum absolute atomic E-state index is 12.1. The van der Waals surface area contributed by atoms with Crippen molar-refractivity contribution in [3.05, 3.63) is 142 Å². The molecule has 1 fully saturated rings. The summed E-state index contributed by atoms with van der Waals surface area (Å²) in [5, 5.41) is 25.0. The highest BCUT2D eigenvalue weighted by Crippen LogP contribution is 2.44. The van der Waals surface area contributed by atoms with E-state index in [0.29, 0.717) is 10.8 Å². The summed E-state index contributed by atoms with van der Waals surface area (Å²) in [7, 11) is 0. The van der Waals surface area contributed by atoms with Gasteiger partial charge in [-0.3, -0.25) is 15.1 Å². The molecule has 9 nitrogen and oxygen atoms in total. The van der Waals surface area contributed by atoms with E-state index in [1.165, 1.54) is 23.9 Å². The van der Waals surface area contributed by atoms with Gasteiger partial charge >= 0.3 is 5.97 Å². The van der Waals surface area contributed by atoms with Crippen molar-refractivity contribution >= 4 is 46.4 Å². The first-order chi connectivity index (χ1) is 21.2. The van der Waals surface area contributed by atoms with Gasteiger partial charge in [-0.1, -0.05) is 30.0 Å². The molecule has 0 radical (unpaired) electrons. The van der Waals surface area contributed by atoms with Crippen LogP contribution >= 0.6 is 24.0 Å². The number of thiocarbonyl (C=S) groups is 1. The minimum absolute atomic E-state index is 0.0547. The molecule has 6 rings (SSSR count). The highest BCUT2D eigenvalue weighted by molar-refractivity contribution is 7.99. The van der Waals surface area contributed by atoms with E-state index in [-0.39, 0.29) is 23.3 Å². The van der Waals surface area contributed by atoms with Crippen LogP contribution in [0.4, 0.5) is 11.4 Å². The van der Waals surface area contributed by atoms with E-state index >= 15 is 0 Å². The van der Waals surface area contributed by atoms with Crippen molar-refractivity contribution in [2.75, 3.05) is 4.90 Å². The zero-order chi connectivity index (χ0) is 31.0. The second kappa shape index (κ2) is 11.9. The van der Waals surface area contributed by atoms with Crippen molar-refractivity contribution in [2.24, 2.45) is 0 Å². The van der Waals surface area contributed by atoms with E-state index in [1.54, 1.807) is 30.5 Å². The third kappa shape index (κ3) is 5.43. The van der Waals surface area contributed by atoms with Crippen LogP contribution in [0.1, 0.15) is 45.1 Å². The van der Waals surface area contributed by atoms with Crippen molar-refractivity contribution in [3.63, 3.8) is 0 Å². The van der Waals surface area contributed by atoms with Gasteiger partial charge in [-0.05, 0) is 98.4 Å². The van der Waals surface area contributed by atoms with Gasteiger partial charge in [-0.2, -0.15) is 0 Å². The number of aryl methyl sites for hydroxylation is 1. The number of nitro groups is 1. The summed E-state index contributed by atoms with van der Waals surface area (Å²) in [4.78, 5) is 31.3. The quantitative estimate of drug-likeness (QED) is 0.104. The Bertz CT molecular complexity index is 1880. The molecular formula is C33H27N5O4S2. The number of benzene rings is 3. The lowest BCUT2D eigenvalue weighted by atomic mass is 9.96. The number of carboxylic acid groups (broad SMARTS) is 1. The zero-order valence-corrected chi connectivity index (χ0v) is 25.4. The Balaban J connectivity index is 1.40. The van der Waals surface area contributed by atoms with Crippen molar-refractivity contribution in [2.45, 2.75) is 35.7 Å². The monoisotopic (exact) mass is 621 g/mol. The molecule has 11 heteroatoms. The van der Waals surface area contributed by atoms with Crippen molar-refractivity contribution < 1.29 is 14.8 Å². The number of aromatic carboxylic acids is 1. The van der Waals surface area contributed by atoms with E-state index in [0.717, 1.165) is 38.1 Å². The fraction of sp³-hybridized carbons (Fsp3) is 0.121. The van der Waals surface area contributed by atoms with Gasteiger partial charge in [0.1, 0.15) is 0 Å². The van der Waals surface area contributed by atoms with Crippen LogP contribution in [-0.2, 0) is 0 Å². The third-order valence-electron chi connectivity index (χ3n) is 7.66. The average molecular weight is 622 g/mol. The first kappa shape index (κ1) is 29.1. The number of non-ortho nitro benzene ring substituents is 1. The maximum Gasteiger partial charge on any atom is 0.337 e. The van der Waals surface area contributed by atoms with Gasteiger partial charge in [-0.15, -0.1) is 0 Å². The molecular weight excluding hydrogens is 595 g/mol. The Morgan fingerprint density at radius 2 is 1.64 bits per heavy atom. The van der Waals surface area contributed by atoms with Crippen LogP contribution in [0.5, 0.6) is 0 Å². The summed E-state index contributed by atoms with van der Waals surface area (Å²) in [6.45, 7) is 3.97. The van der Waals surface area contributed by atoms with Gasteiger partial charge in [-0.25, -0.2) is 4.79 Å². The van der Waals surface area contributed by atoms with Crippen LogP contribution in [0.2, 0.25) is 0 Å². The molecule has 1 aliphatic heterocycles. The molecule has 1 saturated heterocycles.